The van der Waals surface area contributed by atoms with Crippen molar-refractivity contribution < 1.29 is 14.3 Å². The van der Waals surface area contributed by atoms with Gasteiger partial charge in [0.1, 0.15) is 12.6 Å². The Morgan fingerprint density at radius 2 is 1.80 bits per heavy atom. The summed E-state index contributed by atoms with van der Waals surface area (Å²) in [6.45, 7) is 8.59. The normalized spacial score (nSPS) is 13.9. The lowest BCUT2D eigenvalue weighted by Crippen LogP contribution is -2.31. The van der Waals surface area contributed by atoms with Gasteiger partial charge < -0.3 is 20.1 Å². The Morgan fingerprint density at radius 1 is 1.02 bits per heavy atom. The number of hydrogen-bond donors (Lipinski definition) is 2. The van der Waals surface area contributed by atoms with Crippen LogP contribution in [0.3, 0.4) is 0 Å². The largest absolute Gasteiger partial charge is 0.490 e. The summed E-state index contributed by atoms with van der Waals surface area (Å²) in [5, 5.41) is 12.6. The second kappa shape index (κ2) is 15.4. The van der Waals surface area contributed by atoms with E-state index in [1.165, 1.54) is 11.8 Å². The molecule has 0 bridgehead atoms. The molecule has 1 aliphatic heterocycles. The van der Waals surface area contributed by atoms with Crippen molar-refractivity contribution in [2.75, 3.05) is 17.2 Å². The third kappa shape index (κ3) is 8.01. The number of nitrogens with one attached hydrogen (secondary N) is 2. The molecule has 0 spiro atoms. The van der Waals surface area contributed by atoms with Crippen LogP contribution in [0.4, 0.5) is 11.6 Å². The van der Waals surface area contributed by atoms with Crippen LogP contribution >= 0.6 is 55.2 Å². The van der Waals surface area contributed by atoms with Crippen LogP contribution in [0.1, 0.15) is 47.7 Å². The molecule has 1 unspecified atom stereocenters. The van der Waals surface area contributed by atoms with E-state index in [9.17, 15) is 4.79 Å². The average Bonchev–Trinajstić information content (AvgIpc) is 3.47. The third-order valence-corrected chi connectivity index (χ3v) is 10.3. The quantitative estimate of drug-likeness (QED) is 0.128. The fourth-order valence-corrected chi connectivity index (χ4v) is 7.53. The number of hydrogen-bond acceptors (Lipinski definition) is 7. The van der Waals surface area contributed by atoms with Gasteiger partial charge in [-0.1, -0.05) is 87.3 Å². The Labute approximate surface area is 311 Å². The predicted molar refractivity (Wildman–Crippen MR) is 204 cm³/mol. The maximum Gasteiger partial charge on any atom is 0.255 e. The van der Waals surface area contributed by atoms with E-state index >= 15 is 0 Å². The number of ether oxygens (including phenoxy) is 2. The van der Waals surface area contributed by atoms with Gasteiger partial charge in [0.25, 0.3) is 5.91 Å². The first-order valence-electron chi connectivity index (χ1n) is 15.6. The molecule has 5 aromatic rings. The van der Waals surface area contributed by atoms with E-state index in [1.807, 2.05) is 107 Å². The molecule has 252 valence electrons. The molecule has 0 aliphatic carbocycles. The molecule has 0 fully saturated rings. The van der Waals surface area contributed by atoms with E-state index in [2.05, 4.69) is 42.5 Å². The topological polar surface area (TPSA) is 90.3 Å². The minimum Gasteiger partial charge on any atom is -0.490 e. The van der Waals surface area contributed by atoms with Gasteiger partial charge in [-0.15, -0.1) is 5.10 Å². The number of rotatable bonds is 11. The van der Waals surface area contributed by atoms with Crippen LogP contribution in [0.15, 0.2) is 104 Å². The number of carbonyl (C=O) groups excluding carboxylic acids is 1. The Kier molecular flexibility index (Phi) is 11.0. The molecule has 12 heteroatoms. The Morgan fingerprint density at radius 3 is 2.53 bits per heavy atom. The van der Waals surface area contributed by atoms with E-state index in [0.29, 0.717) is 62.3 Å². The number of halogens is 3. The zero-order valence-corrected chi connectivity index (χ0v) is 32.1. The molecule has 0 saturated heterocycles. The number of anilines is 2. The molecule has 1 atom stereocenters. The van der Waals surface area contributed by atoms with Gasteiger partial charge >= 0.3 is 0 Å². The standard InChI is InChI=1S/C37H34Br2ClN5O3S/c1-5-47-31-18-26(17-28(39)34(31)48-19-24-11-13-27(38)14-12-24)33-32(35(46)42-30-15-10-21(2)16-22(30)3)23(4)41-36-43-37(44-45(33)36)49-20-25-8-6-7-9-29(25)40/h6-18,33H,5,19-20H2,1-4H3,(H,42,46)(H,41,43,44). The Bertz CT molecular complexity index is 2050. The minimum absolute atomic E-state index is 0.252. The van der Waals surface area contributed by atoms with E-state index in [-0.39, 0.29) is 5.91 Å². The van der Waals surface area contributed by atoms with Gasteiger partial charge in [0.15, 0.2) is 11.5 Å². The summed E-state index contributed by atoms with van der Waals surface area (Å²) in [5.41, 5.74) is 6.76. The van der Waals surface area contributed by atoms with Crippen LogP contribution in [-0.2, 0) is 17.2 Å². The lowest BCUT2D eigenvalue weighted by Gasteiger charge is -2.29. The van der Waals surface area contributed by atoms with E-state index < -0.39 is 6.04 Å². The van der Waals surface area contributed by atoms with Crippen LogP contribution < -0.4 is 20.1 Å². The lowest BCUT2D eigenvalue weighted by molar-refractivity contribution is -0.113. The van der Waals surface area contributed by atoms with E-state index in [4.69, 9.17) is 31.2 Å². The summed E-state index contributed by atoms with van der Waals surface area (Å²) in [6, 6.07) is 24.9. The van der Waals surface area contributed by atoms with Crippen LogP contribution in [0.2, 0.25) is 5.02 Å². The second-order valence-corrected chi connectivity index (χ2v) is 14.7. The Balaban J connectivity index is 1.39. The number of allylic oxidation sites excluding steroid dienone is 1. The first kappa shape index (κ1) is 35.1. The molecule has 6 rings (SSSR count). The summed E-state index contributed by atoms with van der Waals surface area (Å²) in [5.74, 6) is 1.98. The highest BCUT2D eigenvalue weighted by Gasteiger charge is 2.36. The second-order valence-electron chi connectivity index (χ2n) is 11.6. The highest BCUT2D eigenvalue weighted by molar-refractivity contribution is 9.10. The number of aryl methyl sites for hydroxylation is 2. The molecule has 1 aromatic heterocycles. The smallest absolute Gasteiger partial charge is 0.255 e. The molecule has 8 nitrogen and oxygen atoms in total. The van der Waals surface area contributed by atoms with E-state index in [1.54, 1.807) is 4.68 Å². The predicted octanol–water partition coefficient (Wildman–Crippen LogP) is 10.3. The molecule has 2 N–H and O–H groups in total. The molecule has 0 radical (unpaired) electrons. The fraction of sp³-hybridized carbons (Fsp3) is 0.216. The summed E-state index contributed by atoms with van der Waals surface area (Å²) in [4.78, 5) is 19.1. The van der Waals surface area contributed by atoms with Gasteiger partial charge in [-0.3, -0.25) is 4.79 Å². The number of nitrogens with zero attached hydrogens (tertiary/aromatic N) is 3. The van der Waals surface area contributed by atoms with Gasteiger partial charge in [-0.2, -0.15) is 4.98 Å². The van der Waals surface area contributed by atoms with Gasteiger partial charge in [0.05, 0.1) is 16.7 Å². The zero-order valence-electron chi connectivity index (χ0n) is 27.3. The maximum absolute atomic E-state index is 14.2. The minimum atomic E-state index is -0.639. The number of thioether (sulfide) groups is 1. The van der Waals surface area contributed by atoms with Crippen molar-refractivity contribution in [3.63, 3.8) is 0 Å². The molecular formula is C37H34Br2ClN5O3S. The number of carbonyl (C=O) groups is 1. The van der Waals surface area contributed by atoms with Crippen LogP contribution in [0.25, 0.3) is 0 Å². The third-order valence-electron chi connectivity index (χ3n) is 7.97. The van der Waals surface area contributed by atoms with Crippen LogP contribution in [-0.4, -0.2) is 27.3 Å². The molecule has 1 amide bonds. The highest BCUT2D eigenvalue weighted by Crippen LogP contribution is 2.44. The van der Waals surface area contributed by atoms with Gasteiger partial charge in [0.2, 0.25) is 11.1 Å². The number of fused-ring (bicyclic) bond motifs is 1. The molecular weight excluding hydrogens is 790 g/mol. The number of benzene rings is 4. The summed E-state index contributed by atoms with van der Waals surface area (Å²) in [7, 11) is 0. The van der Waals surface area contributed by atoms with Crippen molar-refractivity contribution in [3.8, 4) is 11.5 Å². The van der Waals surface area contributed by atoms with Crippen molar-refractivity contribution in [1.82, 2.24) is 14.8 Å². The highest BCUT2D eigenvalue weighted by atomic mass is 79.9. The van der Waals surface area contributed by atoms with Crippen LogP contribution in [0, 0.1) is 13.8 Å². The van der Waals surface area contributed by atoms with Gasteiger partial charge in [-0.25, -0.2) is 4.68 Å². The Hall–Kier alpha value is -3.77. The summed E-state index contributed by atoms with van der Waals surface area (Å²) >= 11 is 15.2. The summed E-state index contributed by atoms with van der Waals surface area (Å²) < 4.78 is 15.9. The maximum atomic E-state index is 14.2. The van der Waals surface area contributed by atoms with E-state index in [0.717, 1.165) is 38.0 Å². The van der Waals surface area contributed by atoms with Crippen LogP contribution in [0.5, 0.6) is 11.5 Å². The first-order chi connectivity index (χ1) is 23.6. The number of amides is 1. The lowest BCUT2D eigenvalue weighted by atomic mass is 9.94. The molecule has 2 heterocycles. The van der Waals surface area contributed by atoms with Gasteiger partial charge in [-0.05, 0) is 102 Å². The van der Waals surface area contributed by atoms with Crippen molar-refractivity contribution in [2.45, 2.75) is 51.3 Å². The van der Waals surface area contributed by atoms with Gasteiger partial charge in [0, 0.05) is 26.6 Å². The number of aromatic nitrogens is 3. The van der Waals surface area contributed by atoms with Crippen molar-refractivity contribution in [2.24, 2.45) is 0 Å². The van der Waals surface area contributed by atoms with Crippen molar-refractivity contribution >= 4 is 72.8 Å². The van der Waals surface area contributed by atoms with Crippen molar-refractivity contribution in [1.29, 1.82) is 0 Å². The zero-order chi connectivity index (χ0) is 34.7. The molecule has 49 heavy (non-hydrogen) atoms. The monoisotopic (exact) mass is 821 g/mol. The first-order valence-corrected chi connectivity index (χ1v) is 18.6. The molecule has 0 saturated carbocycles. The van der Waals surface area contributed by atoms with Crippen molar-refractivity contribution in [3.05, 3.63) is 132 Å². The molecule has 1 aliphatic rings. The average molecular weight is 824 g/mol. The SMILES string of the molecule is CCOc1cc(C2C(C(=O)Nc3ccc(C)cc3C)=C(C)Nc3nc(SCc4ccccc4Cl)nn32)cc(Br)c1OCc1ccc(Br)cc1. The molecule has 4 aromatic carbocycles. The summed E-state index contributed by atoms with van der Waals surface area (Å²) in [6.07, 6.45) is 0. The fourth-order valence-electron chi connectivity index (χ4n) is 5.58.